The first-order chi connectivity index (χ1) is 9.52. The number of aryl methyl sites for hydroxylation is 1. The molecule has 2 heterocycles. The van der Waals surface area contributed by atoms with Gasteiger partial charge in [-0.3, -0.25) is 4.98 Å². The zero-order valence-corrected chi connectivity index (χ0v) is 12.3. The molecule has 2 aromatic rings. The topological polar surface area (TPSA) is 72.6 Å². The molecule has 0 amide bonds. The summed E-state index contributed by atoms with van der Waals surface area (Å²) < 4.78 is 10.5. The second kappa shape index (κ2) is 6.00. The van der Waals surface area contributed by atoms with Gasteiger partial charge in [0.2, 0.25) is 5.76 Å². The van der Waals surface area contributed by atoms with Crippen LogP contribution in [0.2, 0.25) is 0 Å². The number of nitrogens with zero attached hydrogens (tertiary/aromatic N) is 1. The highest BCUT2D eigenvalue weighted by Gasteiger charge is 2.12. The highest BCUT2D eigenvalue weighted by atomic mass is 32.2. The van der Waals surface area contributed by atoms with Crippen molar-refractivity contribution in [2.45, 2.75) is 24.7 Å². The van der Waals surface area contributed by atoms with E-state index in [1.807, 2.05) is 13.8 Å². The molecule has 0 unspecified atom stereocenters. The second-order valence-electron chi connectivity index (χ2n) is 4.26. The number of thioether (sulfide) groups is 1. The Kier molecular flexibility index (Phi) is 4.34. The third-order valence-electron chi connectivity index (χ3n) is 2.89. The van der Waals surface area contributed by atoms with Crippen LogP contribution in [0.15, 0.2) is 27.8 Å². The number of carboxylic acid groups (broad SMARTS) is 1. The Hall–Kier alpha value is -1.95. The largest absolute Gasteiger partial charge is 0.496 e. The summed E-state index contributed by atoms with van der Waals surface area (Å²) in [5.41, 5.74) is 2.88. The average Bonchev–Trinajstić information content (AvgIpc) is 2.87. The minimum atomic E-state index is -1.07. The number of methoxy groups -OCH3 is 1. The summed E-state index contributed by atoms with van der Waals surface area (Å²) in [5, 5.41) is 9.35. The zero-order valence-electron chi connectivity index (χ0n) is 11.5. The van der Waals surface area contributed by atoms with Crippen LogP contribution in [0.3, 0.4) is 0 Å². The third kappa shape index (κ3) is 2.96. The standard InChI is InChI=1S/C14H15NO4S/c1-8-6-15-10(9(2)13(8)18-3)7-20-12-5-4-11(19-12)14(16)17/h4-6H,7H2,1-3H3,(H,16,17). The Morgan fingerprint density at radius 3 is 2.80 bits per heavy atom. The van der Waals surface area contributed by atoms with Crippen molar-refractivity contribution in [2.75, 3.05) is 7.11 Å². The van der Waals surface area contributed by atoms with Gasteiger partial charge in [0, 0.05) is 23.1 Å². The molecule has 0 saturated heterocycles. The molecule has 2 rings (SSSR count). The molecule has 0 atom stereocenters. The van der Waals surface area contributed by atoms with Crippen molar-refractivity contribution >= 4 is 17.7 Å². The van der Waals surface area contributed by atoms with E-state index in [1.54, 1.807) is 19.4 Å². The summed E-state index contributed by atoms with van der Waals surface area (Å²) in [4.78, 5) is 15.1. The van der Waals surface area contributed by atoms with Crippen LogP contribution in [0.5, 0.6) is 5.75 Å². The van der Waals surface area contributed by atoms with Crippen LogP contribution >= 0.6 is 11.8 Å². The lowest BCUT2D eigenvalue weighted by molar-refractivity contribution is 0.0656. The Balaban J connectivity index is 2.12. The molecule has 1 N–H and O–H groups in total. The van der Waals surface area contributed by atoms with Gasteiger partial charge in [-0.2, -0.15) is 0 Å². The summed E-state index contributed by atoms with van der Waals surface area (Å²) in [6.45, 7) is 3.90. The quantitative estimate of drug-likeness (QED) is 0.853. The lowest BCUT2D eigenvalue weighted by Gasteiger charge is -2.11. The highest BCUT2D eigenvalue weighted by molar-refractivity contribution is 7.98. The molecule has 2 aromatic heterocycles. The maximum atomic E-state index is 10.7. The van der Waals surface area contributed by atoms with Gasteiger partial charge < -0.3 is 14.3 Å². The maximum Gasteiger partial charge on any atom is 0.371 e. The summed E-state index contributed by atoms with van der Waals surface area (Å²) in [5.74, 6) is 0.304. The van der Waals surface area contributed by atoms with Crippen molar-refractivity contribution in [3.63, 3.8) is 0 Å². The van der Waals surface area contributed by atoms with Crippen LogP contribution in [-0.2, 0) is 5.75 Å². The normalized spacial score (nSPS) is 10.6. The van der Waals surface area contributed by atoms with E-state index in [-0.39, 0.29) is 5.76 Å². The lowest BCUT2D eigenvalue weighted by atomic mass is 10.1. The molecule has 0 aliphatic heterocycles. The number of pyridine rings is 1. The Morgan fingerprint density at radius 2 is 2.20 bits per heavy atom. The maximum absolute atomic E-state index is 10.7. The minimum Gasteiger partial charge on any atom is -0.496 e. The SMILES string of the molecule is COc1c(C)cnc(CSc2ccc(C(=O)O)o2)c1C. The number of hydrogen-bond donors (Lipinski definition) is 1. The van der Waals surface area contributed by atoms with Crippen LogP contribution in [-0.4, -0.2) is 23.2 Å². The van der Waals surface area contributed by atoms with Gasteiger partial charge in [0.15, 0.2) is 5.09 Å². The fourth-order valence-corrected chi connectivity index (χ4v) is 2.75. The Bertz CT molecular complexity index is 636. The van der Waals surface area contributed by atoms with Gasteiger partial charge in [0.05, 0.1) is 12.8 Å². The van der Waals surface area contributed by atoms with Gasteiger partial charge >= 0.3 is 5.97 Å². The summed E-state index contributed by atoms with van der Waals surface area (Å²) in [7, 11) is 1.64. The van der Waals surface area contributed by atoms with Crippen LogP contribution in [0.4, 0.5) is 0 Å². The fraction of sp³-hybridized carbons (Fsp3) is 0.286. The van der Waals surface area contributed by atoms with E-state index in [1.165, 1.54) is 17.8 Å². The summed E-state index contributed by atoms with van der Waals surface area (Å²) in [6, 6.07) is 3.09. The smallest absolute Gasteiger partial charge is 0.371 e. The zero-order chi connectivity index (χ0) is 14.7. The number of aromatic carboxylic acids is 1. The predicted octanol–water partition coefficient (Wildman–Crippen LogP) is 3.29. The summed E-state index contributed by atoms with van der Waals surface area (Å²) >= 11 is 1.40. The predicted molar refractivity (Wildman–Crippen MR) is 75.5 cm³/mol. The minimum absolute atomic E-state index is 0.0568. The van der Waals surface area contributed by atoms with E-state index in [0.29, 0.717) is 10.8 Å². The van der Waals surface area contributed by atoms with Crippen molar-refractivity contribution < 1.29 is 19.1 Å². The molecule has 106 valence electrons. The van der Waals surface area contributed by atoms with E-state index < -0.39 is 5.97 Å². The van der Waals surface area contributed by atoms with E-state index in [2.05, 4.69) is 4.98 Å². The molecule has 0 aromatic carbocycles. The van der Waals surface area contributed by atoms with E-state index in [4.69, 9.17) is 14.3 Å². The number of carbonyl (C=O) groups is 1. The first kappa shape index (κ1) is 14.5. The van der Waals surface area contributed by atoms with Crippen molar-refractivity contribution in [2.24, 2.45) is 0 Å². The molecule has 0 aliphatic rings. The molecule has 20 heavy (non-hydrogen) atoms. The first-order valence-corrected chi connectivity index (χ1v) is 6.96. The number of hydrogen-bond acceptors (Lipinski definition) is 5. The molecule has 5 nitrogen and oxygen atoms in total. The number of rotatable bonds is 5. The van der Waals surface area contributed by atoms with Gasteiger partial charge in [-0.1, -0.05) is 11.8 Å². The molecule has 0 bridgehead atoms. The van der Waals surface area contributed by atoms with Crippen LogP contribution in [0, 0.1) is 13.8 Å². The van der Waals surface area contributed by atoms with Crippen LogP contribution < -0.4 is 4.74 Å². The van der Waals surface area contributed by atoms with Gasteiger partial charge in [0.1, 0.15) is 5.75 Å². The van der Waals surface area contributed by atoms with Crippen molar-refractivity contribution in [1.82, 2.24) is 4.98 Å². The van der Waals surface area contributed by atoms with Crippen LogP contribution in [0.25, 0.3) is 0 Å². The molecular formula is C14H15NO4S. The van der Waals surface area contributed by atoms with Gasteiger partial charge in [-0.25, -0.2) is 4.79 Å². The van der Waals surface area contributed by atoms with E-state index in [0.717, 1.165) is 22.6 Å². The van der Waals surface area contributed by atoms with Crippen molar-refractivity contribution in [1.29, 1.82) is 0 Å². The molecule has 0 saturated carbocycles. The first-order valence-electron chi connectivity index (χ1n) is 5.98. The summed E-state index contributed by atoms with van der Waals surface area (Å²) in [6.07, 6.45) is 1.77. The Morgan fingerprint density at radius 1 is 1.45 bits per heavy atom. The average molecular weight is 293 g/mol. The van der Waals surface area contributed by atoms with Gasteiger partial charge in [0.25, 0.3) is 0 Å². The van der Waals surface area contributed by atoms with E-state index >= 15 is 0 Å². The molecule has 0 spiro atoms. The monoisotopic (exact) mass is 293 g/mol. The van der Waals surface area contributed by atoms with Gasteiger partial charge in [-0.15, -0.1) is 0 Å². The molecule has 6 heteroatoms. The fourth-order valence-electron chi connectivity index (χ4n) is 1.87. The lowest BCUT2D eigenvalue weighted by Crippen LogP contribution is -1.98. The number of aromatic nitrogens is 1. The molecule has 0 aliphatic carbocycles. The number of carboxylic acids is 1. The molecule has 0 fully saturated rings. The van der Waals surface area contributed by atoms with E-state index in [9.17, 15) is 4.79 Å². The number of ether oxygens (including phenoxy) is 1. The van der Waals surface area contributed by atoms with Crippen molar-refractivity contribution in [3.05, 3.63) is 40.9 Å². The number of furan rings is 1. The van der Waals surface area contributed by atoms with Gasteiger partial charge in [-0.05, 0) is 26.0 Å². The highest BCUT2D eigenvalue weighted by Crippen LogP contribution is 2.29. The third-order valence-corrected chi connectivity index (χ3v) is 3.81. The second-order valence-corrected chi connectivity index (χ2v) is 5.24. The molecule has 0 radical (unpaired) electrons. The van der Waals surface area contributed by atoms with Crippen LogP contribution in [0.1, 0.15) is 27.4 Å². The molecular weight excluding hydrogens is 278 g/mol. The van der Waals surface area contributed by atoms with Crippen molar-refractivity contribution in [3.8, 4) is 5.75 Å². The Labute approximate surface area is 121 Å².